The van der Waals surface area contributed by atoms with Crippen molar-refractivity contribution in [2.24, 2.45) is 5.92 Å². The van der Waals surface area contributed by atoms with Crippen LogP contribution in [0.15, 0.2) is 48.2 Å². The number of hydrogen-bond acceptors (Lipinski definition) is 7. The van der Waals surface area contributed by atoms with Crippen molar-refractivity contribution in [3.05, 3.63) is 59.3 Å². The molecule has 0 radical (unpaired) electrons. The Morgan fingerprint density at radius 3 is 2.80 bits per heavy atom. The van der Waals surface area contributed by atoms with E-state index < -0.39 is 0 Å². The zero-order chi connectivity index (χ0) is 20.9. The maximum absolute atomic E-state index is 12.5. The Morgan fingerprint density at radius 2 is 2.03 bits per heavy atom. The van der Waals surface area contributed by atoms with Crippen LogP contribution in [-0.4, -0.2) is 54.8 Å². The highest BCUT2D eigenvalue weighted by atomic mass is 16.2. The maximum Gasteiger partial charge on any atom is 0.256 e. The summed E-state index contributed by atoms with van der Waals surface area (Å²) >= 11 is 0. The van der Waals surface area contributed by atoms with Crippen molar-refractivity contribution in [1.82, 2.24) is 34.6 Å². The zero-order valence-corrected chi connectivity index (χ0v) is 16.8. The molecule has 3 aromatic rings. The van der Waals surface area contributed by atoms with Gasteiger partial charge in [0.25, 0.3) is 5.56 Å². The fraction of sp³-hybridized carbons (Fsp3) is 0.400. The molecular formula is C20H24N8O2. The van der Waals surface area contributed by atoms with Gasteiger partial charge in [-0.15, -0.1) is 0 Å². The number of hydrogen-bond donors (Lipinski definition) is 1. The van der Waals surface area contributed by atoms with E-state index in [1.165, 1.54) is 17.2 Å². The second kappa shape index (κ2) is 8.85. The summed E-state index contributed by atoms with van der Waals surface area (Å²) in [7, 11) is 0. The standard InChI is InChI=1S/C20H24N8O2/c1-15-12-21-14-27(20(15)30)10-6-22-19(29)16-3-8-26(9-4-16)17-11-18(24-13-23-17)28-7-2-5-25-28/h2,5,7,11-14,16H,3-4,6,8-10H2,1H3,(H,22,29). The monoisotopic (exact) mass is 408 g/mol. The van der Waals surface area contributed by atoms with Crippen LogP contribution < -0.4 is 15.8 Å². The van der Waals surface area contributed by atoms with Gasteiger partial charge in [-0.05, 0) is 25.8 Å². The summed E-state index contributed by atoms with van der Waals surface area (Å²) in [6.07, 6.45) is 9.62. The summed E-state index contributed by atoms with van der Waals surface area (Å²) in [5, 5.41) is 7.15. The number of nitrogens with one attached hydrogen (secondary N) is 1. The number of aryl methyl sites for hydroxylation is 1. The highest BCUT2D eigenvalue weighted by molar-refractivity contribution is 5.78. The molecule has 10 nitrogen and oxygen atoms in total. The fourth-order valence-corrected chi connectivity index (χ4v) is 3.57. The Kier molecular flexibility index (Phi) is 5.82. The molecule has 4 heterocycles. The summed E-state index contributed by atoms with van der Waals surface area (Å²) in [6.45, 7) is 4.04. The van der Waals surface area contributed by atoms with Crippen LogP contribution in [0, 0.1) is 12.8 Å². The highest BCUT2D eigenvalue weighted by Gasteiger charge is 2.25. The lowest BCUT2D eigenvalue weighted by molar-refractivity contribution is -0.125. The second-order valence-electron chi connectivity index (χ2n) is 7.31. The molecule has 1 saturated heterocycles. The summed E-state index contributed by atoms with van der Waals surface area (Å²) in [4.78, 5) is 39.3. The topological polar surface area (TPSA) is 111 Å². The molecule has 0 spiro atoms. The molecule has 1 aliphatic rings. The molecule has 0 atom stereocenters. The van der Waals surface area contributed by atoms with E-state index in [-0.39, 0.29) is 17.4 Å². The van der Waals surface area contributed by atoms with E-state index in [1.54, 1.807) is 24.0 Å². The minimum atomic E-state index is -0.0770. The van der Waals surface area contributed by atoms with E-state index in [9.17, 15) is 9.59 Å². The van der Waals surface area contributed by atoms with E-state index in [1.807, 2.05) is 18.3 Å². The molecule has 0 aliphatic carbocycles. The van der Waals surface area contributed by atoms with Gasteiger partial charge in [0.05, 0.1) is 6.33 Å². The summed E-state index contributed by atoms with van der Waals surface area (Å²) in [5.41, 5.74) is 0.517. The predicted molar refractivity (Wildman–Crippen MR) is 110 cm³/mol. The molecule has 1 fully saturated rings. The third kappa shape index (κ3) is 4.37. The van der Waals surface area contributed by atoms with Gasteiger partial charge in [-0.3, -0.25) is 14.2 Å². The van der Waals surface area contributed by atoms with Gasteiger partial charge in [0.1, 0.15) is 12.1 Å². The SMILES string of the molecule is Cc1cncn(CCNC(=O)C2CCN(c3cc(-n4cccn4)ncn3)CC2)c1=O. The third-order valence-electron chi connectivity index (χ3n) is 5.29. The number of amides is 1. The highest BCUT2D eigenvalue weighted by Crippen LogP contribution is 2.22. The van der Waals surface area contributed by atoms with E-state index in [4.69, 9.17) is 0 Å². The van der Waals surface area contributed by atoms with Crippen LogP contribution >= 0.6 is 0 Å². The molecule has 1 N–H and O–H groups in total. The Bertz CT molecular complexity index is 1050. The van der Waals surface area contributed by atoms with Gasteiger partial charge in [-0.1, -0.05) is 0 Å². The van der Waals surface area contributed by atoms with Gasteiger partial charge in [0.2, 0.25) is 5.91 Å². The number of carbonyl (C=O) groups excluding carboxylic acids is 1. The average molecular weight is 408 g/mol. The summed E-state index contributed by atoms with van der Waals surface area (Å²) in [5.74, 6) is 1.54. The second-order valence-corrected chi connectivity index (χ2v) is 7.31. The zero-order valence-electron chi connectivity index (χ0n) is 16.8. The molecule has 4 rings (SSSR count). The molecule has 1 amide bonds. The first-order valence-electron chi connectivity index (χ1n) is 9.97. The van der Waals surface area contributed by atoms with Crippen LogP contribution in [0.25, 0.3) is 5.82 Å². The molecule has 10 heteroatoms. The van der Waals surface area contributed by atoms with Gasteiger partial charge in [0.15, 0.2) is 5.82 Å². The Morgan fingerprint density at radius 1 is 1.23 bits per heavy atom. The molecule has 3 aromatic heterocycles. The first kappa shape index (κ1) is 19.7. The lowest BCUT2D eigenvalue weighted by Crippen LogP contribution is -2.42. The molecule has 0 saturated carbocycles. The molecule has 0 aromatic carbocycles. The van der Waals surface area contributed by atoms with Crippen LogP contribution in [0.3, 0.4) is 0 Å². The quantitative estimate of drug-likeness (QED) is 0.634. The number of carbonyl (C=O) groups is 1. The van der Waals surface area contributed by atoms with Crippen LogP contribution in [0.2, 0.25) is 0 Å². The molecule has 1 aliphatic heterocycles. The first-order chi connectivity index (χ1) is 14.6. The van der Waals surface area contributed by atoms with E-state index in [0.29, 0.717) is 24.5 Å². The minimum absolute atomic E-state index is 0.0308. The van der Waals surface area contributed by atoms with Crippen molar-refractivity contribution in [3.8, 4) is 5.82 Å². The molecular weight excluding hydrogens is 384 g/mol. The van der Waals surface area contributed by atoms with Crippen molar-refractivity contribution in [3.63, 3.8) is 0 Å². The van der Waals surface area contributed by atoms with Crippen molar-refractivity contribution < 1.29 is 4.79 Å². The Labute approximate surface area is 173 Å². The average Bonchev–Trinajstić information content (AvgIpc) is 3.32. The van der Waals surface area contributed by atoms with Gasteiger partial charge in [-0.2, -0.15) is 5.10 Å². The third-order valence-corrected chi connectivity index (χ3v) is 5.29. The first-order valence-corrected chi connectivity index (χ1v) is 9.97. The Balaban J connectivity index is 1.28. The number of piperidine rings is 1. The molecule has 0 unspecified atom stereocenters. The number of anilines is 1. The van der Waals surface area contributed by atoms with Gasteiger partial charge < -0.3 is 10.2 Å². The molecule has 0 bridgehead atoms. The Hall–Kier alpha value is -3.56. The number of rotatable bonds is 6. The van der Waals surface area contributed by atoms with Crippen LogP contribution in [0.1, 0.15) is 18.4 Å². The van der Waals surface area contributed by atoms with Crippen LogP contribution in [0.4, 0.5) is 5.82 Å². The molecule has 30 heavy (non-hydrogen) atoms. The minimum Gasteiger partial charge on any atom is -0.356 e. The smallest absolute Gasteiger partial charge is 0.256 e. The van der Waals surface area contributed by atoms with E-state index in [0.717, 1.165) is 31.7 Å². The van der Waals surface area contributed by atoms with Crippen molar-refractivity contribution in [1.29, 1.82) is 0 Å². The fourth-order valence-electron chi connectivity index (χ4n) is 3.57. The van der Waals surface area contributed by atoms with Gasteiger partial charge in [0, 0.05) is 62.3 Å². The van der Waals surface area contributed by atoms with Crippen molar-refractivity contribution in [2.45, 2.75) is 26.3 Å². The van der Waals surface area contributed by atoms with Gasteiger partial charge in [-0.25, -0.2) is 19.6 Å². The normalized spacial score (nSPS) is 14.6. The summed E-state index contributed by atoms with van der Waals surface area (Å²) < 4.78 is 3.21. The van der Waals surface area contributed by atoms with Crippen LogP contribution in [-0.2, 0) is 11.3 Å². The van der Waals surface area contributed by atoms with Crippen molar-refractivity contribution >= 4 is 11.7 Å². The van der Waals surface area contributed by atoms with E-state index in [2.05, 4.69) is 30.3 Å². The van der Waals surface area contributed by atoms with Crippen LogP contribution in [0.5, 0.6) is 0 Å². The molecule has 156 valence electrons. The predicted octanol–water partition coefficient (Wildman–Crippen LogP) is 0.560. The largest absolute Gasteiger partial charge is 0.356 e. The number of aromatic nitrogens is 6. The lowest BCUT2D eigenvalue weighted by atomic mass is 9.96. The van der Waals surface area contributed by atoms with Gasteiger partial charge >= 0.3 is 0 Å². The summed E-state index contributed by atoms with van der Waals surface area (Å²) in [6, 6.07) is 3.75. The number of nitrogens with zero attached hydrogens (tertiary/aromatic N) is 7. The van der Waals surface area contributed by atoms with E-state index >= 15 is 0 Å². The van der Waals surface area contributed by atoms with Crippen molar-refractivity contribution in [2.75, 3.05) is 24.5 Å². The lowest BCUT2D eigenvalue weighted by Gasteiger charge is -2.32. The maximum atomic E-state index is 12.5.